The third-order valence-corrected chi connectivity index (χ3v) is 5.52. The van der Waals surface area contributed by atoms with Crippen LogP contribution in [0.3, 0.4) is 0 Å². The molecule has 2 fully saturated rings. The Morgan fingerprint density at radius 2 is 2.11 bits per heavy atom. The molecule has 2 heterocycles. The van der Waals surface area contributed by atoms with E-state index in [9.17, 15) is 8.42 Å². The zero-order valence-electron chi connectivity index (χ0n) is 11.0. The second-order valence-corrected chi connectivity index (χ2v) is 7.06. The van der Waals surface area contributed by atoms with E-state index in [2.05, 4.69) is 5.32 Å². The van der Waals surface area contributed by atoms with Gasteiger partial charge in [0.05, 0.1) is 6.61 Å². The highest BCUT2D eigenvalue weighted by molar-refractivity contribution is 7.86. The molecule has 2 aliphatic rings. The van der Waals surface area contributed by atoms with E-state index in [0.717, 1.165) is 32.5 Å². The summed E-state index contributed by atoms with van der Waals surface area (Å²) in [5, 5.41) is 3.16. The molecular formula is C11H23N3O3S. The Morgan fingerprint density at radius 1 is 1.39 bits per heavy atom. The molecule has 0 saturated carbocycles. The van der Waals surface area contributed by atoms with E-state index < -0.39 is 10.2 Å². The maximum atomic E-state index is 12.3. The standard InChI is InChI=1S/C11H23N3O3S/c1-13(9-11-3-2-8-17-10-11)18(15,16)14-6-4-12-5-7-14/h11-12H,2-10H2,1H3. The van der Waals surface area contributed by atoms with Crippen molar-refractivity contribution >= 4 is 10.2 Å². The highest BCUT2D eigenvalue weighted by Gasteiger charge is 2.30. The van der Waals surface area contributed by atoms with Crippen LogP contribution in [0, 0.1) is 5.92 Å². The van der Waals surface area contributed by atoms with Crippen LogP contribution in [0.5, 0.6) is 0 Å². The molecule has 2 saturated heterocycles. The quantitative estimate of drug-likeness (QED) is 0.752. The maximum Gasteiger partial charge on any atom is 0.281 e. The van der Waals surface area contributed by atoms with Gasteiger partial charge >= 0.3 is 0 Å². The lowest BCUT2D eigenvalue weighted by atomic mass is 10.0. The number of hydrogen-bond acceptors (Lipinski definition) is 4. The monoisotopic (exact) mass is 277 g/mol. The van der Waals surface area contributed by atoms with Crippen LogP contribution in [0.25, 0.3) is 0 Å². The summed E-state index contributed by atoms with van der Waals surface area (Å²) in [5.41, 5.74) is 0. The SMILES string of the molecule is CN(CC1CCCOC1)S(=O)(=O)N1CCNCC1. The van der Waals surface area contributed by atoms with E-state index >= 15 is 0 Å². The first-order chi connectivity index (χ1) is 8.60. The van der Waals surface area contributed by atoms with Gasteiger partial charge in [0.15, 0.2) is 0 Å². The second-order valence-electron chi connectivity index (χ2n) is 5.02. The number of rotatable bonds is 4. The van der Waals surface area contributed by atoms with Gasteiger partial charge < -0.3 is 10.1 Å². The van der Waals surface area contributed by atoms with Crippen LogP contribution in [0.4, 0.5) is 0 Å². The Kier molecular flexibility index (Phi) is 4.97. The molecule has 6 nitrogen and oxygen atoms in total. The van der Waals surface area contributed by atoms with Crippen LogP contribution >= 0.6 is 0 Å². The molecular weight excluding hydrogens is 254 g/mol. The highest BCUT2D eigenvalue weighted by Crippen LogP contribution is 2.17. The van der Waals surface area contributed by atoms with Crippen molar-refractivity contribution in [3.63, 3.8) is 0 Å². The summed E-state index contributed by atoms with van der Waals surface area (Å²) in [6, 6.07) is 0. The first-order valence-electron chi connectivity index (χ1n) is 6.60. The van der Waals surface area contributed by atoms with Gasteiger partial charge in [-0.25, -0.2) is 0 Å². The molecule has 0 aromatic carbocycles. The first kappa shape index (κ1) is 14.2. The minimum absolute atomic E-state index is 0.335. The summed E-state index contributed by atoms with van der Waals surface area (Å²) in [6.45, 7) is 4.65. The van der Waals surface area contributed by atoms with Gasteiger partial charge in [-0.1, -0.05) is 0 Å². The van der Waals surface area contributed by atoms with Crippen molar-refractivity contribution in [2.75, 3.05) is 53.0 Å². The van der Waals surface area contributed by atoms with Crippen LogP contribution < -0.4 is 5.32 Å². The predicted octanol–water partition coefficient (Wildman–Crippen LogP) is -0.505. The van der Waals surface area contributed by atoms with Gasteiger partial charge in [0.1, 0.15) is 0 Å². The zero-order valence-corrected chi connectivity index (χ0v) is 11.8. The fourth-order valence-electron chi connectivity index (χ4n) is 2.48. The van der Waals surface area contributed by atoms with Crippen molar-refractivity contribution in [2.24, 2.45) is 5.92 Å². The molecule has 7 heteroatoms. The molecule has 1 atom stereocenters. The minimum Gasteiger partial charge on any atom is -0.381 e. The molecule has 106 valence electrons. The molecule has 0 radical (unpaired) electrons. The Morgan fingerprint density at radius 3 is 2.72 bits per heavy atom. The van der Waals surface area contributed by atoms with Gasteiger partial charge in [-0.05, 0) is 18.8 Å². The van der Waals surface area contributed by atoms with Crippen LogP contribution in [0.1, 0.15) is 12.8 Å². The van der Waals surface area contributed by atoms with Gasteiger partial charge in [-0.2, -0.15) is 17.0 Å². The van der Waals surface area contributed by atoms with E-state index in [1.165, 1.54) is 4.31 Å². The van der Waals surface area contributed by atoms with Gasteiger partial charge in [0.25, 0.3) is 10.2 Å². The van der Waals surface area contributed by atoms with Crippen LogP contribution in [0.2, 0.25) is 0 Å². The molecule has 0 aliphatic carbocycles. The number of nitrogens with zero attached hydrogens (tertiary/aromatic N) is 2. The molecule has 0 aromatic rings. The van der Waals surface area contributed by atoms with Gasteiger partial charge in [0.2, 0.25) is 0 Å². The smallest absolute Gasteiger partial charge is 0.281 e. The first-order valence-corrected chi connectivity index (χ1v) is 8.00. The Hall–Kier alpha value is -0.210. The lowest BCUT2D eigenvalue weighted by molar-refractivity contribution is 0.0490. The Labute approximate surface area is 109 Å². The van der Waals surface area contributed by atoms with Crippen molar-refractivity contribution in [3.8, 4) is 0 Å². The summed E-state index contributed by atoms with van der Waals surface area (Å²) in [6.07, 6.45) is 2.09. The number of hydrogen-bond donors (Lipinski definition) is 1. The lowest BCUT2D eigenvalue weighted by Gasteiger charge is -2.33. The van der Waals surface area contributed by atoms with Crippen molar-refractivity contribution in [2.45, 2.75) is 12.8 Å². The summed E-state index contributed by atoms with van der Waals surface area (Å²) < 4.78 is 33.1. The molecule has 2 rings (SSSR count). The lowest BCUT2D eigenvalue weighted by Crippen LogP contribution is -2.51. The van der Waals surface area contributed by atoms with Gasteiger partial charge in [0, 0.05) is 46.4 Å². The average molecular weight is 277 g/mol. The summed E-state index contributed by atoms with van der Waals surface area (Å²) in [5.74, 6) is 0.335. The summed E-state index contributed by atoms with van der Waals surface area (Å²) in [7, 11) is -1.62. The average Bonchev–Trinajstić information content (AvgIpc) is 2.41. The van der Waals surface area contributed by atoms with Crippen molar-refractivity contribution in [3.05, 3.63) is 0 Å². The third kappa shape index (κ3) is 3.42. The van der Waals surface area contributed by atoms with E-state index in [0.29, 0.717) is 32.2 Å². The topological polar surface area (TPSA) is 61.9 Å². The summed E-state index contributed by atoms with van der Waals surface area (Å²) in [4.78, 5) is 0. The fraction of sp³-hybridized carbons (Fsp3) is 1.00. The Bertz CT molecular complexity index is 349. The molecule has 0 bridgehead atoms. The van der Waals surface area contributed by atoms with E-state index in [-0.39, 0.29) is 0 Å². The molecule has 0 amide bonds. The van der Waals surface area contributed by atoms with E-state index in [1.807, 2.05) is 0 Å². The molecule has 1 unspecified atom stereocenters. The van der Waals surface area contributed by atoms with Gasteiger partial charge in [-0.15, -0.1) is 0 Å². The molecule has 0 spiro atoms. The molecule has 18 heavy (non-hydrogen) atoms. The second kappa shape index (κ2) is 6.29. The van der Waals surface area contributed by atoms with Crippen molar-refractivity contribution < 1.29 is 13.2 Å². The largest absolute Gasteiger partial charge is 0.381 e. The molecule has 0 aromatic heterocycles. The third-order valence-electron chi connectivity index (χ3n) is 3.57. The molecule has 2 aliphatic heterocycles. The van der Waals surface area contributed by atoms with E-state index in [4.69, 9.17) is 4.74 Å². The zero-order chi connectivity index (χ0) is 13.0. The van der Waals surface area contributed by atoms with Crippen LogP contribution in [0.15, 0.2) is 0 Å². The van der Waals surface area contributed by atoms with E-state index in [1.54, 1.807) is 11.4 Å². The van der Waals surface area contributed by atoms with Gasteiger partial charge in [-0.3, -0.25) is 0 Å². The van der Waals surface area contributed by atoms with Crippen molar-refractivity contribution in [1.82, 2.24) is 13.9 Å². The minimum atomic E-state index is -3.29. The number of piperazine rings is 1. The summed E-state index contributed by atoms with van der Waals surface area (Å²) >= 11 is 0. The highest BCUT2D eigenvalue weighted by atomic mass is 32.2. The van der Waals surface area contributed by atoms with Crippen molar-refractivity contribution in [1.29, 1.82) is 0 Å². The Balaban J connectivity index is 1.91. The number of nitrogens with one attached hydrogen (secondary N) is 1. The van der Waals surface area contributed by atoms with Crippen LogP contribution in [-0.2, 0) is 14.9 Å². The van der Waals surface area contributed by atoms with Crippen LogP contribution in [-0.4, -0.2) is 70.0 Å². The number of ether oxygens (including phenoxy) is 1. The fourth-order valence-corrected chi connectivity index (χ4v) is 3.92. The normalized spacial score (nSPS) is 27.6. The maximum absolute atomic E-state index is 12.3. The predicted molar refractivity (Wildman–Crippen MR) is 69.5 cm³/mol. The molecule has 1 N–H and O–H groups in total.